The summed E-state index contributed by atoms with van der Waals surface area (Å²) in [7, 11) is 0. The Morgan fingerprint density at radius 2 is 1.71 bits per heavy atom. The van der Waals surface area contributed by atoms with Crippen LogP contribution in [0.3, 0.4) is 0 Å². The minimum atomic E-state index is -1.05. The second kappa shape index (κ2) is 14.3. The molecule has 1 atom stereocenters. The molecule has 3 amide bonds. The van der Waals surface area contributed by atoms with Gasteiger partial charge in [0.05, 0.1) is 11.6 Å². The maximum absolute atomic E-state index is 13.6. The highest BCUT2D eigenvalue weighted by atomic mass is 16.4. The Morgan fingerprint density at radius 3 is 2.36 bits per heavy atom. The Bertz CT molecular complexity index is 1670. The van der Waals surface area contributed by atoms with Crippen LogP contribution in [0.2, 0.25) is 0 Å². The third kappa shape index (κ3) is 8.08. The van der Waals surface area contributed by atoms with Gasteiger partial charge in [0.25, 0.3) is 0 Å². The molecule has 5 N–H and O–H groups in total. The van der Waals surface area contributed by atoms with Gasteiger partial charge in [0.15, 0.2) is 0 Å². The van der Waals surface area contributed by atoms with Crippen molar-refractivity contribution in [2.75, 3.05) is 11.9 Å². The van der Waals surface area contributed by atoms with Gasteiger partial charge >= 0.3 is 6.09 Å². The number of benzene rings is 3. The van der Waals surface area contributed by atoms with Gasteiger partial charge in [-0.3, -0.25) is 9.59 Å². The monoisotopic (exact) mass is 606 g/mol. The van der Waals surface area contributed by atoms with E-state index in [9.17, 15) is 19.6 Å². The number of carbonyl (C=O) groups excluding carboxylic acids is 2. The number of carbonyl (C=O) groups is 3. The number of nitrogens with zero attached hydrogens (tertiary/aromatic N) is 4. The number of hydrogen-bond acceptors (Lipinski definition) is 7. The van der Waals surface area contributed by atoms with E-state index in [4.69, 9.17) is 5.11 Å². The lowest BCUT2D eigenvalue weighted by Gasteiger charge is -2.29. The Morgan fingerprint density at radius 1 is 1.00 bits per heavy atom. The van der Waals surface area contributed by atoms with E-state index >= 15 is 0 Å². The molecule has 1 fully saturated rings. The van der Waals surface area contributed by atoms with Crippen molar-refractivity contribution in [3.63, 3.8) is 0 Å². The number of rotatable bonds is 10. The molecule has 0 saturated heterocycles. The zero-order valence-electron chi connectivity index (χ0n) is 24.8. The van der Waals surface area contributed by atoms with Crippen molar-refractivity contribution < 1.29 is 19.5 Å². The molecule has 12 nitrogen and oxygen atoms in total. The fraction of sp³-hybridized carbons (Fsp3) is 0.303. The smallest absolute Gasteiger partial charge is 0.404 e. The van der Waals surface area contributed by atoms with Crippen LogP contribution in [0.1, 0.15) is 42.4 Å². The van der Waals surface area contributed by atoms with E-state index in [0.717, 1.165) is 40.7 Å². The third-order valence-corrected chi connectivity index (χ3v) is 8.22. The highest BCUT2D eigenvalue weighted by Crippen LogP contribution is 2.29. The first-order valence-electron chi connectivity index (χ1n) is 14.8. The molecule has 1 aliphatic carbocycles. The summed E-state index contributed by atoms with van der Waals surface area (Å²) in [5, 5.41) is 40.5. The topological polar surface area (TPSA) is 186 Å². The molecule has 1 heterocycles. The molecular weight excluding hydrogens is 572 g/mol. The number of amides is 3. The van der Waals surface area contributed by atoms with Gasteiger partial charge in [0.2, 0.25) is 17.6 Å². The standard InChI is InChI=1S/C33H34N8O4/c1-20-2-3-23(18-34)16-28(20)24-8-4-21(5-9-24)17-29(37-31(42)26-10-6-22(7-11-26)19-35-33(44)45)32(43)36-27-14-12-25(13-15-27)30-38-40-41-39-30/h2-5,8-9,12-16,22,26,29,35H,6-7,10-11,17,19H2,1H3,(H,36,43)(H,37,42)(H,44,45)(H,38,39,40,41)/t22-,26-,29-/m0/s1. The van der Waals surface area contributed by atoms with Crippen molar-refractivity contribution in [1.82, 2.24) is 31.3 Å². The van der Waals surface area contributed by atoms with E-state index in [2.05, 4.69) is 42.6 Å². The first-order valence-corrected chi connectivity index (χ1v) is 14.8. The van der Waals surface area contributed by atoms with Crippen molar-refractivity contribution in [3.05, 3.63) is 83.4 Å². The van der Waals surface area contributed by atoms with Crippen molar-refractivity contribution in [2.24, 2.45) is 11.8 Å². The fourth-order valence-electron chi connectivity index (χ4n) is 5.63. The van der Waals surface area contributed by atoms with E-state index in [1.165, 1.54) is 0 Å². The summed E-state index contributed by atoms with van der Waals surface area (Å²) in [6, 6.07) is 21.7. The number of aryl methyl sites for hydroxylation is 1. The molecule has 45 heavy (non-hydrogen) atoms. The number of nitriles is 1. The molecular formula is C33H34N8O4. The maximum atomic E-state index is 13.6. The number of carboxylic acid groups (broad SMARTS) is 1. The number of anilines is 1. The van der Waals surface area contributed by atoms with Gasteiger partial charge in [-0.25, -0.2) is 4.79 Å². The molecule has 1 aliphatic rings. The first-order chi connectivity index (χ1) is 21.8. The van der Waals surface area contributed by atoms with Gasteiger partial charge in [-0.15, -0.1) is 10.2 Å². The molecule has 0 bridgehead atoms. The van der Waals surface area contributed by atoms with Crippen LogP contribution >= 0.6 is 0 Å². The molecule has 5 rings (SSSR count). The largest absolute Gasteiger partial charge is 0.465 e. The van der Waals surface area contributed by atoms with Crippen LogP contribution < -0.4 is 16.0 Å². The number of aromatic nitrogens is 4. The van der Waals surface area contributed by atoms with E-state index in [-0.39, 0.29) is 30.1 Å². The summed E-state index contributed by atoms with van der Waals surface area (Å²) >= 11 is 0. The minimum absolute atomic E-state index is 0.187. The number of nitrogens with one attached hydrogen (secondary N) is 4. The van der Waals surface area contributed by atoms with E-state index in [0.29, 0.717) is 36.5 Å². The number of aromatic amines is 1. The number of hydrogen-bond donors (Lipinski definition) is 5. The summed E-state index contributed by atoms with van der Waals surface area (Å²) < 4.78 is 0. The van der Waals surface area contributed by atoms with Crippen molar-refractivity contribution >= 4 is 23.6 Å². The van der Waals surface area contributed by atoms with Gasteiger partial charge in [-0.2, -0.15) is 10.5 Å². The van der Waals surface area contributed by atoms with Crippen LogP contribution in [0.5, 0.6) is 0 Å². The molecule has 0 unspecified atom stereocenters. The van der Waals surface area contributed by atoms with E-state index in [1.807, 2.05) is 43.3 Å². The summed E-state index contributed by atoms with van der Waals surface area (Å²) in [5.74, 6) is -0.169. The van der Waals surface area contributed by atoms with Crippen LogP contribution in [-0.2, 0) is 16.0 Å². The molecule has 12 heteroatoms. The minimum Gasteiger partial charge on any atom is -0.465 e. The van der Waals surface area contributed by atoms with Crippen LogP contribution in [0.15, 0.2) is 66.7 Å². The summed E-state index contributed by atoms with van der Waals surface area (Å²) in [5.41, 5.74) is 5.69. The number of tetrazole rings is 1. The van der Waals surface area contributed by atoms with Crippen molar-refractivity contribution in [3.8, 4) is 28.6 Å². The van der Waals surface area contributed by atoms with Gasteiger partial charge in [-0.05, 0) is 102 Å². The lowest BCUT2D eigenvalue weighted by atomic mass is 9.81. The molecule has 230 valence electrons. The highest BCUT2D eigenvalue weighted by molar-refractivity contribution is 5.97. The summed E-state index contributed by atoms with van der Waals surface area (Å²) in [6.07, 6.45) is 1.94. The third-order valence-electron chi connectivity index (χ3n) is 8.22. The van der Waals surface area contributed by atoms with Crippen molar-refractivity contribution in [1.29, 1.82) is 5.26 Å². The van der Waals surface area contributed by atoms with Gasteiger partial charge in [-0.1, -0.05) is 30.3 Å². The van der Waals surface area contributed by atoms with Crippen LogP contribution in [-0.4, -0.2) is 56.2 Å². The molecule has 3 aromatic carbocycles. The van der Waals surface area contributed by atoms with Crippen LogP contribution in [0.4, 0.5) is 10.5 Å². The Labute approximate surface area is 260 Å². The SMILES string of the molecule is Cc1ccc(C#N)cc1-c1ccc(C[C@H](NC(=O)[C@H]2CC[C@H](CNC(=O)O)CC2)C(=O)Nc2ccc(-c3nn[nH]n3)cc2)cc1. The Kier molecular flexibility index (Phi) is 9.79. The van der Waals surface area contributed by atoms with Gasteiger partial charge < -0.3 is 21.1 Å². The molecule has 0 radical (unpaired) electrons. The van der Waals surface area contributed by atoms with Gasteiger partial charge in [0.1, 0.15) is 6.04 Å². The van der Waals surface area contributed by atoms with Crippen molar-refractivity contribution in [2.45, 2.75) is 45.1 Å². The average molecular weight is 607 g/mol. The van der Waals surface area contributed by atoms with E-state index in [1.54, 1.807) is 30.3 Å². The predicted octanol–water partition coefficient (Wildman–Crippen LogP) is 4.45. The fourth-order valence-corrected chi connectivity index (χ4v) is 5.63. The van der Waals surface area contributed by atoms with Gasteiger partial charge in [0, 0.05) is 30.1 Å². The first kappa shape index (κ1) is 30.9. The summed E-state index contributed by atoms with van der Waals surface area (Å²) in [6.45, 7) is 2.36. The average Bonchev–Trinajstić information content (AvgIpc) is 3.60. The Balaban J connectivity index is 1.29. The molecule has 1 aromatic heterocycles. The normalized spacial score (nSPS) is 16.6. The van der Waals surface area contributed by atoms with E-state index < -0.39 is 12.1 Å². The lowest BCUT2D eigenvalue weighted by molar-refractivity contribution is -0.130. The number of H-pyrrole nitrogens is 1. The highest BCUT2D eigenvalue weighted by Gasteiger charge is 2.30. The second-order valence-corrected chi connectivity index (χ2v) is 11.3. The quantitative estimate of drug-likeness (QED) is 0.175. The zero-order valence-corrected chi connectivity index (χ0v) is 24.8. The second-order valence-electron chi connectivity index (χ2n) is 11.3. The lowest BCUT2D eigenvalue weighted by Crippen LogP contribution is -2.48. The Hall–Kier alpha value is -5.57. The predicted molar refractivity (Wildman–Crippen MR) is 167 cm³/mol. The molecule has 1 saturated carbocycles. The molecule has 0 spiro atoms. The molecule has 4 aromatic rings. The summed E-state index contributed by atoms with van der Waals surface area (Å²) in [4.78, 5) is 37.8. The van der Waals surface area contributed by atoms with Crippen LogP contribution in [0, 0.1) is 30.1 Å². The maximum Gasteiger partial charge on any atom is 0.404 e. The molecule has 0 aliphatic heterocycles. The zero-order chi connectivity index (χ0) is 31.8. The van der Waals surface area contributed by atoms with Crippen LogP contribution in [0.25, 0.3) is 22.5 Å².